The van der Waals surface area contributed by atoms with Gasteiger partial charge in [0.1, 0.15) is 17.8 Å². The molecule has 0 spiro atoms. The second-order valence-electron chi connectivity index (χ2n) is 5.11. The third kappa shape index (κ3) is 2.43. The molecule has 116 valence electrons. The molecule has 0 unspecified atom stereocenters. The zero-order valence-electron chi connectivity index (χ0n) is 12.2. The Kier molecular flexibility index (Phi) is 3.41. The van der Waals surface area contributed by atoms with Crippen LogP contribution < -0.4 is 0 Å². The molecule has 4 rings (SSSR count). The molecule has 0 aliphatic rings. The Hall–Kier alpha value is -1.89. The van der Waals surface area contributed by atoms with Gasteiger partial charge in [0.15, 0.2) is 5.01 Å². The van der Waals surface area contributed by atoms with Crippen molar-refractivity contribution >= 4 is 39.5 Å². The number of halogens is 2. The van der Waals surface area contributed by atoms with Crippen molar-refractivity contribution in [3.8, 4) is 21.9 Å². The van der Waals surface area contributed by atoms with E-state index in [0.29, 0.717) is 10.0 Å². The standard InChI is InChI=1S/C15H10Cl2N4OS/c1-7-12(14-20-21-6-18-19-15(21)23-14)8(2)22-13(7)9-3-10(16)5-11(17)4-9/h3-6H,1-2H3. The molecule has 1 aromatic carbocycles. The summed E-state index contributed by atoms with van der Waals surface area (Å²) in [6.45, 7) is 3.92. The van der Waals surface area contributed by atoms with Crippen molar-refractivity contribution in [1.82, 2.24) is 19.8 Å². The topological polar surface area (TPSA) is 56.2 Å². The van der Waals surface area contributed by atoms with Crippen LogP contribution in [0.2, 0.25) is 10.0 Å². The summed E-state index contributed by atoms with van der Waals surface area (Å²) >= 11 is 13.7. The van der Waals surface area contributed by atoms with E-state index in [9.17, 15) is 0 Å². The Bertz CT molecular complexity index is 985. The molecule has 0 bridgehead atoms. The van der Waals surface area contributed by atoms with Gasteiger partial charge < -0.3 is 4.42 Å². The van der Waals surface area contributed by atoms with Gasteiger partial charge in [0.05, 0.1) is 5.56 Å². The Labute approximate surface area is 145 Å². The molecule has 23 heavy (non-hydrogen) atoms. The zero-order chi connectivity index (χ0) is 16.1. The van der Waals surface area contributed by atoms with Gasteiger partial charge in [0.25, 0.3) is 0 Å². The van der Waals surface area contributed by atoms with Crippen LogP contribution in [0.3, 0.4) is 0 Å². The SMILES string of the molecule is Cc1oc(-c2cc(Cl)cc(Cl)c2)c(C)c1-c1nn2cnnc2s1. The van der Waals surface area contributed by atoms with Gasteiger partial charge >= 0.3 is 0 Å². The summed E-state index contributed by atoms with van der Waals surface area (Å²) in [4.78, 5) is 0.743. The first-order valence-electron chi connectivity index (χ1n) is 6.76. The van der Waals surface area contributed by atoms with Crippen molar-refractivity contribution < 1.29 is 4.42 Å². The molecule has 4 aromatic rings. The summed E-state index contributed by atoms with van der Waals surface area (Å²) < 4.78 is 7.63. The number of aryl methyl sites for hydroxylation is 1. The monoisotopic (exact) mass is 364 g/mol. The molecule has 0 aliphatic heterocycles. The van der Waals surface area contributed by atoms with Crippen LogP contribution in [-0.4, -0.2) is 19.8 Å². The first-order chi connectivity index (χ1) is 11.0. The summed E-state index contributed by atoms with van der Waals surface area (Å²) in [5, 5.41) is 14.3. The van der Waals surface area contributed by atoms with Gasteiger partial charge in [0, 0.05) is 21.2 Å². The Morgan fingerprint density at radius 1 is 1.13 bits per heavy atom. The molecular weight excluding hydrogens is 355 g/mol. The quantitative estimate of drug-likeness (QED) is 0.500. The molecular formula is C15H10Cl2N4OS. The average molecular weight is 365 g/mol. The highest BCUT2D eigenvalue weighted by atomic mass is 35.5. The van der Waals surface area contributed by atoms with E-state index >= 15 is 0 Å². The summed E-state index contributed by atoms with van der Waals surface area (Å²) in [5.74, 6) is 1.53. The highest BCUT2D eigenvalue weighted by Crippen LogP contribution is 2.39. The highest BCUT2D eigenvalue weighted by Gasteiger charge is 2.21. The fourth-order valence-electron chi connectivity index (χ4n) is 2.59. The van der Waals surface area contributed by atoms with Crippen LogP contribution in [-0.2, 0) is 0 Å². The molecule has 0 N–H and O–H groups in total. The van der Waals surface area contributed by atoms with Crippen molar-refractivity contribution in [2.75, 3.05) is 0 Å². The molecule has 0 radical (unpaired) electrons. The van der Waals surface area contributed by atoms with Gasteiger partial charge in [-0.05, 0) is 32.0 Å². The maximum atomic E-state index is 6.10. The zero-order valence-corrected chi connectivity index (χ0v) is 14.5. The molecule has 3 heterocycles. The third-order valence-electron chi connectivity index (χ3n) is 3.55. The van der Waals surface area contributed by atoms with Crippen LogP contribution in [0.4, 0.5) is 0 Å². The van der Waals surface area contributed by atoms with Crippen LogP contribution in [0.25, 0.3) is 26.9 Å². The van der Waals surface area contributed by atoms with Crippen LogP contribution in [0, 0.1) is 13.8 Å². The van der Waals surface area contributed by atoms with Crippen molar-refractivity contribution in [1.29, 1.82) is 0 Å². The number of benzene rings is 1. The molecule has 0 aliphatic carbocycles. The smallest absolute Gasteiger partial charge is 0.234 e. The molecule has 0 saturated carbocycles. The Morgan fingerprint density at radius 3 is 2.57 bits per heavy atom. The van der Waals surface area contributed by atoms with Gasteiger partial charge in [-0.3, -0.25) is 0 Å². The minimum Gasteiger partial charge on any atom is -0.460 e. The summed E-state index contributed by atoms with van der Waals surface area (Å²) in [7, 11) is 0. The largest absolute Gasteiger partial charge is 0.460 e. The predicted octanol–water partition coefficient (Wildman–Crippen LogP) is 5.04. The van der Waals surface area contributed by atoms with Crippen molar-refractivity contribution in [2.45, 2.75) is 13.8 Å². The number of furan rings is 1. The van der Waals surface area contributed by atoms with Crippen molar-refractivity contribution in [3.05, 3.63) is 45.9 Å². The number of rotatable bonds is 2. The lowest BCUT2D eigenvalue weighted by molar-refractivity contribution is 0.548. The maximum absolute atomic E-state index is 6.10. The first-order valence-corrected chi connectivity index (χ1v) is 8.34. The lowest BCUT2D eigenvalue weighted by Crippen LogP contribution is -1.85. The van der Waals surface area contributed by atoms with Gasteiger partial charge in [-0.2, -0.15) is 9.61 Å². The second-order valence-corrected chi connectivity index (χ2v) is 6.94. The van der Waals surface area contributed by atoms with E-state index in [2.05, 4.69) is 15.3 Å². The minimum atomic E-state index is 0.571. The molecule has 3 aromatic heterocycles. The normalized spacial score (nSPS) is 11.5. The second kappa shape index (κ2) is 5.33. The third-order valence-corrected chi connectivity index (χ3v) is 4.92. The van der Waals surface area contributed by atoms with Gasteiger partial charge in [0.2, 0.25) is 4.96 Å². The summed E-state index contributed by atoms with van der Waals surface area (Å²) in [6, 6.07) is 5.36. The number of fused-ring (bicyclic) bond motifs is 1. The van der Waals surface area contributed by atoms with Gasteiger partial charge in [-0.1, -0.05) is 34.5 Å². The molecule has 0 amide bonds. The summed E-state index contributed by atoms with van der Waals surface area (Å²) in [6.07, 6.45) is 1.58. The van der Waals surface area contributed by atoms with E-state index in [0.717, 1.165) is 38.2 Å². The number of hydrogen-bond acceptors (Lipinski definition) is 5. The van der Waals surface area contributed by atoms with Crippen LogP contribution >= 0.6 is 34.5 Å². The molecule has 8 heteroatoms. The van der Waals surface area contributed by atoms with E-state index in [1.165, 1.54) is 11.3 Å². The minimum absolute atomic E-state index is 0.571. The molecule has 5 nitrogen and oxygen atoms in total. The van der Waals surface area contributed by atoms with Crippen LogP contribution in [0.1, 0.15) is 11.3 Å². The Morgan fingerprint density at radius 2 is 1.87 bits per heavy atom. The lowest BCUT2D eigenvalue weighted by atomic mass is 10.1. The van der Waals surface area contributed by atoms with E-state index in [1.807, 2.05) is 26.0 Å². The predicted molar refractivity (Wildman–Crippen MR) is 91.3 cm³/mol. The lowest BCUT2D eigenvalue weighted by Gasteiger charge is -2.01. The number of nitrogens with zero attached hydrogens (tertiary/aromatic N) is 4. The fourth-order valence-corrected chi connectivity index (χ4v) is 4.09. The van der Waals surface area contributed by atoms with Crippen LogP contribution in [0.5, 0.6) is 0 Å². The first kappa shape index (κ1) is 14.7. The van der Waals surface area contributed by atoms with E-state index < -0.39 is 0 Å². The number of hydrogen-bond donors (Lipinski definition) is 0. The van der Waals surface area contributed by atoms with Crippen molar-refractivity contribution in [3.63, 3.8) is 0 Å². The number of aromatic nitrogens is 4. The highest BCUT2D eigenvalue weighted by molar-refractivity contribution is 7.19. The van der Waals surface area contributed by atoms with E-state index in [4.69, 9.17) is 27.6 Å². The molecule has 0 fully saturated rings. The van der Waals surface area contributed by atoms with E-state index in [-0.39, 0.29) is 0 Å². The van der Waals surface area contributed by atoms with Crippen molar-refractivity contribution in [2.24, 2.45) is 0 Å². The average Bonchev–Trinajstić information content (AvgIpc) is 3.11. The maximum Gasteiger partial charge on any atom is 0.234 e. The van der Waals surface area contributed by atoms with Gasteiger partial charge in [-0.15, -0.1) is 10.2 Å². The molecule has 0 atom stereocenters. The summed E-state index contributed by atoms with van der Waals surface area (Å²) in [5.41, 5.74) is 2.80. The van der Waals surface area contributed by atoms with Crippen LogP contribution in [0.15, 0.2) is 28.9 Å². The molecule has 0 saturated heterocycles. The van der Waals surface area contributed by atoms with E-state index in [1.54, 1.807) is 16.9 Å². The van der Waals surface area contributed by atoms with Gasteiger partial charge in [-0.25, -0.2) is 0 Å². The Balaban J connectivity index is 1.89. The fraction of sp³-hybridized carbons (Fsp3) is 0.133.